The van der Waals surface area contributed by atoms with E-state index in [-0.39, 0.29) is 29.1 Å². The topological polar surface area (TPSA) is 80.8 Å². The summed E-state index contributed by atoms with van der Waals surface area (Å²) in [4.78, 5) is 50.6. The molecule has 0 spiro atoms. The van der Waals surface area contributed by atoms with E-state index in [2.05, 4.69) is 0 Å². The van der Waals surface area contributed by atoms with Gasteiger partial charge in [0.2, 0.25) is 0 Å². The number of rotatable bonds is 4. The molecule has 0 unspecified atom stereocenters. The van der Waals surface area contributed by atoms with Crippen LogP contribution in [0.5, 0.6) is 0 Å². The lowest BCUT2D eigenvalue weighted by molar-refractivity contribution is -0.129. The molecule has 3 rings (SSSR count). The highest BCUT2D eigenvalue weighted by Crippen LogP contribution is 2.30. The van der Waals surface area contributed by atoms with Gasteiger partial charge in [0.1, 0.15) is 0 Å². The summed E-state index contributed by atoms with van der Waals surface area (Å²) in [7, 11) is 0. The quantitative estimate of drug-likeness (QED) is 0.575. The fourth-order valence-electron chi connectivity index (χ4n) is 2.65. The van der Waals surface area contributed by atoms with Crippen LogP contribution in [0.15, 0.2) is 42.5 Å². The highest BCUT2D eigenvalue weighted by Gasteiger charge is 2.37. The molecular formula is C21H18ClNO5. The summed E-state index contributed by atoms with van der Waals surface area (Å²) in [5, 5.41) is 0.391. The van der Waals surface area contributed by atoms with Crippen LogP contribution >= 0.6 is 11.6 Å². The van der Waals surface area contributed by atoms with Crippen LogP contribution in [0.25, 0.3) is 0 Å². The van der Waals surface area contributed by atoms with Crippen LogP contribution in [-0.2, 0) is 9.53 Å². The number of ketones is 1. The number of hydrogen-bond donors (Lipinski definition) is 0. The van der Waals surface area contributed by atoms with E-state index in [4.69, 9.17) is 16.3 Å². The molecule has 7 heteroatoms. The van der Waals surface area contributed by atoms with Gasteiger partial charge < -0.3 is 4.74 Å². The van der Waals surface area contributed by atoms with E-state index in [1.807, 2.05) is 0 Å². The number of fused-ring (bicyclic) bond motifs is 1. The van der Waals surface area contributed by atoms with Gasteiger partial charge in [-0.15, -0.1) is 0 Å². The maximum absolute atomic E-state index is 12.7. The number of carbonyl (C=O) groups excluding carboxylic acids is 4. The summed E-state index contributed by atoms with van der Waals surface area (Å²) in [6.45, 7) is 4.83. The lowest BCUT2D eigenvalue weighted by Gasteiger charge is -2.16. The van der Waals surface area contributed by atoms with E-state index >= 15 is 0 Å². The molecule has 1 aliphatic heterocycles. The first-order valence-electron chi connectivity index (χ1n) is 8.58. The SMILES string of the molecule is CC(C)(C)C(=O)COC(=O)c1ccc2c(c1)C(=O)N(c1cccc(Cl)c1)C2=O. The van der Waals surface area contributed by atoms with E-state index in [1.54, 1.807) is 39.0 Å². The van der Waals surface area contributed by atoms with E-state index in [9.17, 15) is 19.2 Å². The summed E-state index contributed by atoms with van der Waals surface area (Å²) < 4.78 is 5.05. The normalized spacial score (nSPS) is 13.5. The molecule has 144 valence electrons. The molecule has 1 heterocycles. The van der Waals surface area contributed by atoms with Gasteiger partial charge in [0.15, 0.2) is 12.4 Å². The minimum absolute atomic E-state index is 0.0922. The first-order chi connectivity index (χ1) is 13.1. The lowest BCUT2D eigenvalue weighted by Crippen LogP contribution is -2.29. The third kappa shape index (κ3) is 3.68. The maximum Gasteiger partial charge on any atom is 0.338 e. The summed E-state index contributed by atoms with van der Waals surface area (Å²) in [6.07, 6.45) is 0. The average molecular weight is 400 g/mol. The third-order valence-electron chi connectivity index (χ3n) is 4.36. The van der Waals surface area contributed by atoms with Crippen LogP contribution in [0.3, 0.4) is 0 Å². The number of ether oxygens (including phenoxy) is 1. The van der Waals surface area contributed by atoms with E-state index in [0.29, 0.717) is 10.7 Å². The number of esters is 1. The fraction of sp³-hybridized carbons (Fsp3) is 0.238. The van der Waals surface area contributed by atoms with Crippen LogP contribution in [0.4, 0.5) is 5.69 Å². The number of halogens is 1. The molecule has 2 aromatic carbocycles. The average Bonchev–Trinajstić information content (AvgIpc) is 2.88. The number of anilines is 1. The summed E-state index contributed by atoms with van der Waals surface area (Å²) in [5.41, 5.74) is 0.0972. The zero-order chi connectivity index (χ0) is 20.6. The first kappa shape index (κ1) is 19.8. The molecule has 2 amide bonds. The minimum atomic E-state index is -0.734. The van der Waals surface area contributed by atoms with Crippen molar-refractivity contribution in [3.63, 3.8) is 0 Å². The Bertz CT molecular complexity index is 1010. The standard InChI is InChI=1S/C21H18ClNO5/c1-21(2,3)17(24)11-28-20(27)12-7-8-15-16(9-12)19(26)23(18(15)25)14-6-4-5-13(22)10-14/h4-10H,11H2,1-3H3. The Hall–Kier alpha value is -2.99. The Balaban J connectivity index is 1.83. The predicted octanol–water partition coefficient (Wildman–Crippen LogP) is 3.91. The maximum atomic E-state index is 12.7. The number of nitrogens with zero attached hydrogens (tertiary/aromatic N) is 1. The van der Waals surface area contributed by atoms with Gasteiger partial charge in [0.25, 0.3) is 11.8 Å². The fourth-order valence-corrected chi connectivity index (χ4v) is 2.83. The number of imide groups is 1. The van der Waals surface area contributed by atoms with Gasteiger partial charge >= 0.3 is 5.97 Å². The zero-order valence-electron chi connectivity index (χ0n) is 15.6. The molecule has 1 aliphatic rings. The van der Waals surface area contributed by atoms with Crippen LogP contribution in [0, 0.1) is 5.41 Å². The smallest absolute Gasteiger partial charge is 0.338 e. The van der Waals surface area contributed by atoms with Crippen molar-refractivity contribution >= 4 is 40.9 Å². The van der Waals surface area contributed by atoms with Gasteiger partial charge in [-0.1, -0.05) is 38.4 Å². The van der Waals surface area contributed by atoms with Crippen LogP contribution < -0.4 is 4.90 Å². The summed E-state index contributed by atoms with van der Waals surface area (Å²) >= 11 is 5.95. The van der Waals surface area contributed by atoms with Crippen LogP contribution in [0.2, 0.25) is 5.02 Å². The molecule has 6 nitrogen and oxygen atoms in total. The Morgan fingerprint density at radius 2 is 1.68 bits per heavy atom. The molecule has 0 bridgehead atoms. The minimum Gasteiger partial charge on any atom is -0.454 e. The number of hydrogen-bond acceptors (Lipinski definition) is 5. The van der Waals surface area contributed by atoms with Crippen molar-refractivity contribution in [1.29, 1.82) is 0 Å². The Labute approximate surface area is 167 Å². The molecule has 0 saturated heterocycles. The largest absolute Gasteiger partial charge is 0.454 e. The Morgan fingerprint density at radius 3 is 2.32 bits per heavy atom. The van der Waals surface area contributed by atoms with Gasteiger partial charge in [0, 0.05) is 10.4 Å². The molecule has 2 aromatic rings. The van der Waals surface area contributed by atoms with E-state index in [1.165, 1.54) is 24.3 Å². The molecule has 0 fully saturated rings. The molecule has 0 atom stereocenters. The van der Waals surface area contributed by atoms with Gasteiger partial charge in [-0.3, -0.25) is 14.4 Å². The molecule has 28 heavy (non-hydrogen) atoms. The zero-order valence-corrected chi connectivity index (χ0v) is 16.4. The number of amides is 2. The van der Waals surface area contributed by atoms with Crippen molar-refractivity contribution in [2.45, 2.75) is 20.8 Å². The molecule has 0 radical (unpaired) electrons. The molecular weight excluding hydrogens is 382 g/mol. The van der Waals surface area contributed by atoms with Crippen molar-refractivity contribution in [2.75, 3.05) is 11.5 Å². The predicted molar refractivity (Wildman–Crippen MR) is 104 cm³/mol. The van der Waals surface area contributed by atoms with Crippen molar-refractivity contribution in [3.05, 3.63) is 64.2 Å². The Morgan fingerprint density at radius 1 is 1.00 bits per heavy atom. The highest BCUT2D eigenvalue weighted by molar-refractivity contribution is 6.35. The Kier molecular flexibility index (Phi) is 5.08. The van der Waals surface area contributed by atoms with Crippen molar-refractivity contribution in [1.82, 2.24) is 0 Å². The second kappa shape index (κ2) is 7.20. The third-order valence-corrected chi connectivity index (χ3v) is 4.59. The monoisotopic (exact) mass is 399 g/mol. The molecule has 0 saturated carbocycles. The number of Topliss-reactive ketones (excluding diaryl/α,β-unsaturated/α-hetero) is 1. The van der Waals surface area contributed by atoms with Gasteiger partial charge in [-0.05, 0) is 36.4 Å². The highest BCUT2D eigenvalue weighted by atomic mass is 35.5. The summed E-state index contributed by atoms with van der Waals surface area (Å²) in [5.74, 6) is -2.00. The second-order valence-corrected chi connectivity index (χ2v) is 7.87. The molecule has 0 N–H and O–H groups in total. The van der Waals surface area contributed by atoms with E-state index in [0.717, 1.165) is 4.90 Å². The molecule has 0 aromatic heterocycles. The van der Waals surface area contributed by atoms with Crippen LogP contribution in [-0.4, -0.2) is 30.2 Å². The van der Waals surface area contributed by atoms with Gasteiger partial charge in [-0.2, -0.15) is 0 Å². The molecule has 0 aliphatic carbocycles. The van der Waals surface area contributed by atoms with E-state index < -0.39 is 23.2 Å². The second-order valence-electron chi connectivity index (χ2n) is 7.44. The first-order valence-corrected chi connectivity index (χ1v) is 8.96. The number of carbonyl (C=O) groups is 4. The van der Waals surface area contributed by atoms with Crippen LogP contribution in [0.1, 0.15) is 51.8 Å². The number of benzene rings is 2. The van der Waals surface area contributed by atoms with Gasteiger partial charge in [-0.25, -0.2) is 9.69 Å². The van der Waals surface area contributed by atoms with Crippen molar-refractivity contribution in [2.24, 2.45) is 5.41 Å². The summed E-state index contributed by atoms with van der Waals surface area (Å²) in [6, 6.07) is 10.5. The van der Waals surface area contributed by atoms with Crippen molar-refractivity contribution in [3.8, 4) is 0 Å². The van der Waals surface area contributed by atoms with Crippen molar-refractivity contribution < 1.29 is 23.9 Å². The lowest BCUT2D eigenvalue weighted by atomic mass is 9.91. The van der Waals surface area contributed by atoms with Gasteiger partial charge in [0.05, 0.1) is 22.4 Å².